The topological polar surface area (TPSA) is 55.7 Å². The van der Waals surface area contributed by atoms with E-state index in [0.717, 1.165) is 19.3 Å². The van der Waals surface area contributed by atoms with Gasteiger partial charge in [-0.15, -0.1) is 4.59 Å². The lowest BCUT2D eigenvalue weighted by Crippen LogP contribution is -2.57. The normalized spacial score (nSPS) is 25.1. The number of rotatable bonds is 0. The lowest BCUT2D eigenvalue weighted by molar-refractivity contribution is -0.860. The van der Waals surface area contributed by atoms with Crippen LogP contribution in [0.2, 0.25) is 0 Å². The molecule has 2 rings (SSSR count). The number of quaternary nitrogens is 1. The lowest BCUT2D eigenvalue weighted by Gasteiger charge is -2.35. The number of hydrogen-bond acceptors (Lipinski definition) is 3. The highest BCUT2D eigenvalue weighted by Gasteiger charge is 2.50. The molecule has 1 fully saturated rings. The highest BCUT2D eigenvalue weighted by Crippen LogP contribution is 2.30. The van der Waals surface area contributed by atoms with E-state index in [1.807, 2.05) is 20.8 Å². The molecule has 0 bridgehead atoms. The van der Waals surface area contributed by atoms with Crippen LogP contribution in [-0.4, -0.2) is 40.2 Å². The van der Waals surface area contributed by atoms with Gasteiger partial charge < -0.3 is 5.11 Å². The molecular weight excluding hydrogens is 206 g/mol. The van der Waals surface area contributed by atoms with Gasteiger partial charge in [0, 0.05) is 5.54 Å². The second-order valence-electron chi connectivity index (χ2n) is 5.60. The van der Waals surface area contributed by atoms with Gasteiger partial charge in [-0.2, -0.15) is 0 Å². The first-order valence-electron chi connectivity index (χ1n) is 5.86. The average molecular weight is 225 g/mol. The van der Waals surface area contributed by atoms with E-state index in [9.17, 15) is 9.90 Å². The fourth-order valence-electron chi connectivity index (χ4n) is 2.42. The Balaban J connectivity index is 2.31. The minimum Gasteiger partial charge on any atom is -0.842 e. The SMILES string of the molecule is CC(C)(C)N1C(=O)[N+]2(CCCCC2)N=C1[O-]. The van der Waals surface area contributed by atoms with Crippen molar-refractivity contribution in [1.29, 1.82) is 0 Å². The Kier molecular flexibility index (Phi) is 2.45. The molecule has 0 atom stereocenters. The van der Waals surface area contributed by atoms with Crippen molar-refractivity contribution in [1.82, 2.24) is 4.90 Å². The number of carbonyl (C=O) groups excluding carboxylic acids is 1. The Labute approximate surface area is 95.9 Å². The Morgan fingerprint density at radius 1 is 1.25 bits per heavy atom. The third kappa shape index (κ3) is 1.59. The van der Waals surface area contributed by atoms with E-state index in [-0.39, 0.29) is 16.6 Å². The van der Waals surface area contributed by atoms with E-state index >= 15 is 0 Å². The minimum absolute atomic E-state index is 0.0100. The zero-order chi connectivity index (χ0) is 12.0. The maximum atomic E-state index is 12.3. The predicted octanol–water partition coefficient (Wildman–Crippen LogP) is 0.853. The van der Waals surface area contributed by atoms with Crippen LogP contribution in [0.3, 0.4) is 0 Å². The van der Waals surface area contributed by atoms with Gasteiger partial charge in [-0.1, -0.05) is 5.10 Å². The molecule has 5 nitrogen and oxygen atoms in total. The summed E-state index contributed by atoms with van der Waals surface area (Å²) < 4.78 is 0.0100. The zero-order valence-electron chi connectivity index (χ0n) is 10.2. The van der Waals surface area contributed by atoms with E-state index in [0.29, 0.717) is 13.1 Å². The summed E-state index contributed by atoms with van der Waals surface area (Å²) >= 11 is 0. The summed E-state index contributed by atoms with van der Waals surface area (Å²) in [4.78, 5) is 13.6. The lowest BCUT2D eigenvalue weighted by atomic mass is 10.1. The van der Waals surface area contributed by atoms with Gasteiger partial charge in [0.15, 0.2) is 0 Å². The molecule has 1 saturated heterocycles. The van der Waals surface area contributed by atoms with Crippen molar-refractivity contribution in [2.45, 2.75) is 45.6 Å². The molecule has 0 aliphatic carbocycles. The first-order chi connectivity index (χ1) is 7.37. The van der Waals surface area contributed by atoms with Crippen LogP contribution in [0.5, 0.6) is 0 Å². The molecule has 0 N–H and O–H groups in total. The van der Waals surface area contributed by atoms with Crippen molar-refractivity contribution in [2.24, 2.45) is 5.10 Å². The molecule has 0 aromatic heterocycles. The van der Waals surface area contributed by atoms with Crippen molar-refractivity contribution < 1.29 is 14.5 Å². The van der Waals surface area contributed by atoms with E-state index in [1.54, 1.807) is 0 Å². The first-order valence-corrected chi connectivity index (χ1v) is 5.86. The predicted molar refractivity (Wildman–Crippen MR) is 58.3 cm³/mol. The van der Waals surface area contributed by atoms with Crippen LogP contribution in [0.1, 0.15) is 40.0 Å². The maximum Gasteiger partial charge on any atom is 0.451 e. The van der Waals surface area contributed by atoms with Crippen LogP contribution in [0, 0.1) is 0 Å². The van der Waals surface area contributed by atoms with E-state index in [4.69, 9.17) is 0 Å². The molecule has 0 aromatic carbocycles. The molecule has 2 amide bonds. The first kappa shape index (κ1) is 11.4. The van der Waals surface area contributed by atoms with Gasteiger partial charge in [0.2, 0.25) is 0 Å². The molecule has 16 heavy (non-hydrogen) atoms. The summed E-state index contributed by atoms with van der Waals surface area (Å²) in [6, 6.07) is -0.517. The largest absolute Gasteiger partial charge is 0.842 e. The van der Waals surface area contributed by atoms with Crippen LogP contribution in [-0.2, 0) is 0 Å². The molecule has 5 heteroatoms. The van der Waals surface area contributed by atoms with Gasteiger partial charge in [0.05, 0.1) is 0 Å². The number of piperidine rings is 1. The van der Waals surface area contributed by atoms with Crippen LogP contribution in [0.15, 0.2) is 5.10 Å². The van der Waals surface area contributed by atoms with Gasteiger partial charge in [-0.05, 0) is 40.0 Å². The highest BCUT2D eigenvalue weighted by molar-refractivity contribution is 5.92. The highest BCUT2D eigenvalue weighted by atomic mass is 16.3. The summed E-state index contributed by atoms with van der Waals surface area (Å²) in [5, 5.41) is 15.9. The standard InChI is InChI=1S/C11H19N3O2/c1-11(2,3)13-9(15)12-14(10(13)16)7-5-4-6-8-14/h4-8H2,1-3H3. The third-order valence-corrected chi connectivity index (χ3v) is 3.24. The number of hydrogen-bond donors (Lipinski definition) is 0. The van der Waals surface area contributed by atoms with Crippen LogP contribution >= 0.6 is 0 Å². The van der Waals surface area contributed by atoms with E-state index in [2.05, 4.69) is 5.10 Å². The van der Waals surface area contributed by atoms with Crippen molar-refractivity contribution in [3.63, 3.8) is 0 Å². The second-order valence-corrected chi connectivity index (χ2v) is 5.60. The zero-order valence-corrected chi connectivity index (χ0v) is 10.2. The third-order valence-electron chi connectivity index (χ3n) is 3.24. The molecule has 0 radical (unpaired) electrons. The molecular formula is C11H19N3O2. The Morgan fingerprint density at radius 2 is 1.81 bits per heavy atom. The summed E-state index contributed by atoms with van der Waals surface area (Å²) in [7, 11) is 0. The van der Waals surface area contributed by atoms with Crippen molar-refractivity contribution in [3.05, 3.63) is 0 Å². The number of amides is 2. The minimum atomic E-state index is -0.475. The fourth-order valence-corrected chi connectivity index (χ4v) is 2.42. The van der Waals surface area contributed by atoms with E-state index in [1.165, 1.54) is 4.90 Å². The summed E-state index contributed by atoms with van der Waals surface area (Å²) in [6.45, 7) is 6.95. The van der Waals surface area contributed by atoms with Gasteiger partial charge >= 0.3 is 6.03 Å². The molecule has 2 aliphatic heterocycles. The van der Waals surface area contributed by atoms with E-state index < -0.39 is 5.54 Å². The van der Waals surface area contributed by atoms with Crippen LogP contribution in [0.4, 0.5) is 4.79 Å². The second kappa shape index (κ2) is 3.45. The molecule has 0 aromatic rings. The smallest absolute Gasteiger partial charge is 0.451 e. The molecule has 2 heterocycles. The van der Waals surface area contributed by atoms with Gasteiger partial charge in [-0.3, -0.25) is 0 Å². The quantitative estimate of drug-likeness (QED) is 0.574. The monoisotopic (exact) mass is 225 g/mol. The van der Waals surface area contributed by atoms with Gasteiger partial charge in [-0.25, -0.2) is 9.69 Å². The van der Waals surface area contributed by atoms with Crippen molar-refractivity contribution in [3.8, 4) is 0 Å². The number of urea groups is 1. The Bertz CT molecular complexity index is 338. The average Bonchev–Trinajstić information content (AvgIpc) is 2.38. The Morgan fingerprint density at radius 3 is 2.25 bits per heavy atom. The summed E-state index contributed by atoms with van der Waals surface area (Å²) in [5.41, 5.74) is -0.475. The van der Waals surface area contributed by atoms with Gasteiger partial charge in [0.25, 0.3) is 0 Å². The van der Waals surface area contributed by atoms with Crippen LogP contribution in [0.25, 0.3) is 0 Å². The molecule has 0 unspecified atom stereocenters. The fraction of sp³-hybridized carbons (Fsp3) is 0.818. The number of nitrogens with zero attached hydrogens (tertiary/aromatic N) is 3. The number of carbonyl (C=O) groups is 1. The van der Waals surface area contributed by atoms with Gasteiger partial charge in [0.1, 0.15) is 19.1 Å². The van der Waals surface area contributed by atoms with Crippen molar-refractivity contribution in [2.75, 3.05) is 13.1 Å². The molecule has 0 saturated carbocycles. The summed E-state index contributed by atoms with van der Waals surface area (Å²) in [6.07, 6.45) is 3.08. The van der Waals surface area contributed by atoms with Crippen LogP contribution < -0.4 is 5.11 Å². The molecule has 90 valence electrons. The molecule has 1 spiro atoms. The van der Waals surface area contributed by atoms with Crippen molar-refractivity contribution >= 4 is 12.1 Å². The maximum absolute atomic E-state index is 12.3. The summed E-state index contributed by atoms with van der Waals surface area (Å²) in [5.74, 6) is 0. The Hall–Kier alpha value is -1.10. The molecule has 2 aliphatic rings. The number of amidine groups is 1.